The van der Waals surface area contributed by atoms with Crippen molar-refractivity contribution in [3.63, 3.8) is 0 Å². The van der Waals surface area contributed by atoms with Crippen LogP contribution in [0.2, 0.25) is 0 Å². The molecule has 0 fully saturated rings. The topological polar surface area (TPSA) is 60.5 Å². The Morgan fingerprint density at radius 3 is 2.71 bits per heavy atom. The van der Waals surface area contributed by atoms with Crippen LogP contribution < -0.4 is 10.1 Å². The van der Waals surface area contributed by atoms with Gasteiger partial charge in [-0.1, -0.05) is 11.8 Å². The van der Waals surface area contributed by atoms with E-state index in [1.54, 1.807) is 13.3 Å². The predicted molar refractivity (Wildman–Crippen MR) is 81.3 cm³/mol. The Morgan fingerprint density at radius 2 is 2.14 bits per heavy atom. The first-order valence-electron chi connectivity index (χ1n) is 6.78. The molecule has 114 valence electrons. The summed E-state index contributed by atoms with van der Waals surface area (Å²) in [6.07, 6.45) is 1.79. The number of ether oxygens (including phenoxy) is 2. The second-order valence-corrected chi connectivity index (χ2v) is 5.53. The lowest BCUT2D eigenvalue weighted by atomic mass is 10.2. The normalized spacial score (nSPS) is 10.3. The van der Waals surface area contributed by atoms with Crippen molar-refractivity contribution in [2.75, 3.05) is 13.7 Å². The van der Waals surface area contributed by atoms with Gasteiger partial charge in [-0.25, -0.2) is 9.78 Å². The molecule has 5 heteroatoms. The van der Waals surface area contributed by atoms with Gasteiger partial charge in [0.1, 0.15) is 5.60 Å². The van der Waals surface area contributed by atoms with Gasteiger partial charge in [0.25, 0.3) is 0 Å². The number of carbonyl (C=O) groups excluding carboxylic acids is 1. The average molecular weight is 290 g/mol. The van der Waals surface area contributed by atoms with Crippen molar-refractivity contribution < 1.29 is 14.3 Å². The maximum Gasteiger partial charge on any atom is 0.407 e. The van der Waals surface area contributed by atoms with E-state index in [1.807, 2.05) is 33.8 Å². The highest BCUT2D eigenvalue weighted by Gasteiger charge is 2.15. The van der Waals surface area contributed by atoms with Gasteiger partial charge in [-0.15, -0.1) is 0 Å². The van der Waals surface area contributed by atoms with Crippen LogP contribution in [0.3, 0.4) is 0 Å². The van der Waals surface area contributed by atoms with E-state index in [0.717, 1.165) is 11.1 Å². The first kappa shape index (κ1) is 16.8. The highest BCUT2D eigenvalue weighted by molar-refractivity contribution is 5.67. The van der Waals surface area contributed by atoms with Gasteiger partial charge in [-0.2, -0.15) is 0 Å². The van der Waals surface area contributed by atoms with E-state index in [1.165, 1.54) is 0 Å². The lowest BCUT2D eigenvalue weighted by Gasteiger charge is -2.19. The Kier molecular flexibility index (Phi) is 6.04. The molecule has 1 N–H and O–H groups in total. The summed E-state index contributed by atoms with van der Waals surface area (Å²) in [5.74, 6) is 6.59. The molecule has 0 saturated carbocycles. The third-order valence-electron chi connectivity index (χ3n) is 2.37. The maximum absolute atomic E-state index is 11.4. The number of nitrogens with zero attached hydrogens (tertiary/aromatic N) is 1. The van der Waals surface area contributed by atoms with Gasteiger partial charge in [0, 0.05) is 30.3 Å². The summed E-state index contributed by atoms with van der Waals surface area (Å²) in [5.41, 5.74) is 1.28. The molecule has 1 heterocycles. The van der Waals surface area contributed by atoms with Crippen molar-refractivity contribution in [3.05, 3.63) is 23.4 Å². The quantitative estimate of drug-likeness (QED) is 0.687. The number of carbonyl (C=O) groups is 1. The van der Waals surface area contributed by atoms with Crippen LogP contribution in [-0.2, 0) is 4.74 Å². The summed E-state index contributed by atoms with van der Waals surface area (Å²) >= 11 is 0. The molecule has 0 radical (unpaired) electrons. The maximum atomic E-state index is 11.4. The number of rotatable bonds is 3. The Morgan fingerprint density at radius 1 is 1.43 bits per heavy atom. The Balaban J connectivity index is 2.40. The summed E-state index contributed by atoms with van der Waals surface area (Å²) in [6.45, 7) is 7.84. The SMILES string of the molecule is COc1ncc(C#CCCNC(=O)OC(C)(C)C)cc1C. The highest BCUT2D eigenvalue weighted by Crippen LogP contribution is 2.13. The number of pyridine rings is 1. The molecule has 0 aliphatic rings. The van der Waals surface area contributed by atoms with Crippen LogP contribution in [0.25, 0.3) is 0 Å². The first-order chi connectivity index (χ1) is 9.81. The van der Waals surface area contributed by atoms with Crippen LogP contribution in [0.5, 0.6) is 5.88 Å². The summed E-state index contributed by atoms with van der Waals surface area (Å²) in [5, 5.41) is 2.66. The van der Waals surface area contributed by atoms with E-state index in [2.05, 4.69) is 22.1 Å². The molecular formula is C16H22N2O3. The van der Waals surface area contributed by atoms with Crippen molar-refractivity contribution in [1.82, 2.24) is 10.3 Å². The van der Waals surface area contributed by atoms with Gasteiger partial charge in [-0.05, 0) is 33.8 Å². The van der Waals surface area contributed by atoms with Crippen LogP contribution in [0.15, 0.2) is 12.3 Å². The number of aromatic nitrogens is 1. The molecule has 1 aromatic heterocycles. The number of hydrogen-bond acceptors (Lipinski definition) is 4. The molecule has 0 atom stereocenters. The summed E-state index contributed by atoms with van der Waals surface area (Å²) in [6, 6.07) is 1.92. The van der Waals surface area contributed by atoms with Crippen molar-refractivity contribution in [2.45, 2.75) is 39.7 Å². The standard InChI is InChI=1S/C16H22N2O3/c1-12-10-13(11-18-14(12)20-5)8-6-7-9-17-15(19)21-16(2,3)4/h10-11H,7,9H2,1-5H3,(H,17,19). The molecule has 0 aliphatic carbocycles. The number of nitrogens with one attached hydrogen (secondary N) is 1. The fourth-order valence-corrected chi connectivity index (χ4v) is 1.55. The number of amides is 1. The van der Waals surface area contributed by atoms with Crippen LogP contribution in [0, 0.1) is 18.8 Å². The van der Waals surface area contributed by atoms with E-state index in [4.69, 9.17) is 9.47 Å². The van der Waals surface area contributed by atoms with Crippen LogP contribution in [0.1, 0.15) is 38.3 Å². The molecule has 0 saturated heterocycles. The summed E-state index contributed by atoms with van der Waals surface area (Å²) < 4.78 is 10.2. The van der Waals surface area contributed by atoms with Crippen LogP contribution in [0.4, 0.5) is 4.79 Å². The minimum atomic E-state index is -0.484. The monoisotopic (exact) mass is 290 g/mol. The molecule has 1 amide bonds. The van der Waals surface area contributed by atoms with Crippen molar-refractivity contribution in [1.29, 1.82) is 0 Å². The molecule has 1 aromatic rings. The van der Waals surface area contributed by atoms with Crippen molar-refractivity contribution in [3.8, 4) is 17.7 Å². The summed E-state index contributed by atoms with van der Waals surface area (Å²) in [4.78, 5) is 15.6. The molecule has 1 rings (SSSR count). The van der Waals surface area contributed by atoms with Gasteiger partial charge in [0.05, 0.1) is 7.11 Å². The molecule has 0 unspecified atom stereocenters. The van der Waals surface area contributed by atoms with E-state index in [-0.39, 0.29) is 0 Å². The van der Waals surface area contributed by atoms with E-state index in [0.29, 0.717) is 18.8 Å². The molecule has 0 spiro atoms. The van der Waals surface area contributed by atoms with Crippen molar-refractivity contribution in [2.24, 2.45) is 0 Å². The van der Waals surface area contributed by atoms with Crippen LogP contribution >= 0.6 is 0 Å². The Labute approximate surface area is 126 Å². The molecule has 0 aliphatic heterocycles. The zero-order chi connectivity index (χ0) is 15.9. The number of methoxy groups -OCH3 is 1. The molecule has 0 bridgehead atoms. The Hall–Kier alpha value is -2.22. The lowest BCUT2D eigenvalue weighted by Crippen LogP contribution is -2.32. The molecule has 0 aromatic carbocycles. The zero-order valence-corrected chi connectivity index (χ0v) is 13.2. The largest absolute Gasteiger partial charge is 0.481 e. The average Bonchev–Trinajstić information content (AvgIpc) is 2.36. The Bertz CT molecular complexity index is 551. The first-order valence-corrected chi connectivity index (χ1v) is 6.78. The second kappa shape index (κ2) is 7.53. The van der Waals surface area contributed by atoms with Gasteiger partial charge in [0.15, 0.2) is 0 Å². The third-order valence-corrected chi connectivity index (χ3v) is 2.37. The zero-order valence-electron chi connectivity index (χ0n) is 13.2. The number of hydrogen-bond donors (Lipinski definition) is 1. The van der Waals surface area contributed by atoms with Crippen LogP contribution in [-0.4, -0.2) is 30.3 Å². The fraction of sp³-hybridized carbons (Fsp3) is 0.500. The predicted octanol–water partition coefficient (Wildman–Crippen LogP) is 2.66. The minimum absolute atomic E-state index is 0.425. The molecule has 21 heavy (non-hydrogen) atoms. The third kappa shape index (κ3) is 6.66. The van der Waals surface area contributed by atoms with E-state index >= 15 is 0 Å². The van der Waals surface area contributed by atoms with Gasteiger partial charge < -0.3 is 14.8 Å². The lowest BCUT2D eigenvalue weighted by molar-refractivity contribution is 0.0529. The smallest absolute Gasteiger partial charge is 0.407 e. The molecular weight excluding hydrogens is 268 g/mol. The minimum Gasteiger partial charge on any atom is -0.481 e. The van der Waals surface area contributed by atoms with Gasteiger partial charge in [-0.3, -0.25) is 0 Å². The second-order valence-electron chi connectivity index (χ2n) is 5.53. The number of aryl methyl sites for hydroxylation is 1. The van der Waals surface area contributed by atoms with Crippen molar-refractivity contribution >= 4 is 6.09 Å². The van der Waals surface area contributed by atoms with E-state index in [9.17, 15) is 4.79 Å². The highest BCUT2D eigenvalue weighted by atomic mass is 16.6. The fourth-order valence-electron chi connectivity index (χ4n) is 1.55. The summed E-state index contributed by atoms with van der Waals surface area (Å²) in [7, 11) is 1.59. The van der Waals surface area contributed by atoms with Gasteiger partial charge in [0.2, 0.25) is 5.88 Å². The van der Waals surface area contributed by atoms with Gasteiger partial charge >= 0.3 is 6.09 Å². The number of alkyl carbamates (subject to hydrolysis) is 1. The molecule has 5 nitrogen and oxygen atoms in total. The van der Waals surface area contributed by atoms with E-state index < -0.39 is 11.7 Å².